The van der Waals surface area contributed by atoms with Crippen LogP contribution in [0.1, 0.15) is 23.2 Å². The Bertz CT molecular complexity index is 1100. The first kappa shape index (κ1) is 17.7. The number of anilines is 1. The van der Waals surface area contributed by atoms with Crippen molar-refractivity contribution in [2.45, 2.75) is 17.7 Å². The first-order valence-electron chi connectivity index (χ1n) is 8.94. The summed E-state index contributed by atoms with van der Waals surface area (Å²) < 4.78 is 26.9. The number of nitrogens with zero attached hydrogens (tertiary/aromatic N) is 1. The van der Waals surface area contributed by atoms with E-state index in [-0.39, 0.29) is 10.8 Å². The van der Waals surface area contributed by atoms with Crippen molar-refractivity contribution in [2.24, 2.45) is 0 Å². The molecule has 0 saturated carbocycles. The Balaban J connectivity index is 1.57. The van der Waals surface area contributed by atoms with Gasteiger partial charge in [0.25, 0.3) is 5.91 Å². The quantitative estimate of drug-likeness (QED) is 0.747. The molecule has 0 bridgehead atoms. The first-order valence-corrected chi connectivity index (χ1v) is 10.4. The zero-order valence-corrected chi connectivity index (χ0v) is 15.6. The number of rotatable bonds is 4. The fourth-order valence-corrected chi connectivity index (χ4v) is 4.91. The molecule has 0 unspecified atom stereocenters. The summed E-state index contributed by atoms with van der Waals surface area (Å²) >= 11 is 0. The van der Waals surface area contributed by atoms with Crippen LogP contribution in [-0.4, -0.2) is 31.7 Å². The fourth-order valence-electron chi connectivity index (χ4n) is 3.35. The van der Waals surface area contributed by atoms with E-state index in [9.17, 15) is 13.2 Å². The minimum Gasteiger partial charge on any atom is -0.322 e. The van der Waals surface area contributed by atoms with Gasteiger partial charge in [0.2, 0.25) is 10.0 Å². The third kappa shape index (κ3) is 3.59. The van der Waals surface area contributed by atoms with Gasteiger partial charge in [-0.1, -0.05) is 36.4 Å². The van der Waals surface area contributed by atoms with Gasteiger partial charge in [-0.05, 0) is 53.9 Å². The molecule has 1 saturated heterocycles. The van der Waals surface area contributed by atoms with Crippen LogP contribution in [0.25, 0.3) is 10.8 Å². The van der Waals surface area contributed by atoms with Crippen LogP contribution >= 0.6 is 0 Å². The molecule has 1 N–H and O–H groups in total. The largest absolute Gasteiger partial charge is 0.322 e. The van der Waals surface area contributed by atoms with Gasteiger partial charge in [0.15, 0.2) is 0 Å². The number of nitrogens with one attached hydrogen (secondary N) is 1. The second kappa shape index (κ2) is 7.13. The van der Waals surface area contributed by atoms with E-state index in [0.717, 1.165) is 23.6 Å². The summed E-state index contributed by atoms with van der Waals surface area (Å²) in [7, 11) is -3.51. The maximum absolute atomic E-state index is 12.7. The van der Waals surface area contributed by atoms with Gasteiger partial charge in [0.1, 0.15) is 0 Å². The second-order valence-corrected chi connectivity index (χ2v) is 8.59. The van der Waals surface area contributed by atoms with Gasteiger partial charge in [0.05, 0.1) is 4.90 Å². The second-order valence-electron chi connectivity index (χ2n) is 6.66. The fraction of sp³-hybridized carbons (Fsp3) is 0.190. The van der Waals surface area contributed by atoms with Gasteiger partial charge in [-0.2, -0.15) is 4.31 Å². The average Bonchev–Trinajstić information content (AvgIpc) is 3.23. The normalized spacial score (nSPS) is 15.1. The molecule has 0 atom stereocenters. The first-order chi connectivity index (χ1) is 13.0. The van der Waals surface area contributed by atoms with Gasteiger partial charge < -0.3 is 5.32 Å². The van der Waals surface area contributed by atoms with Crippen LogP contribution in [0.4, 0.5) is 5.69 Å². The number of amides is 1. The molecule has 3 aromatic rings. The van der Waals surface area contributed by atoms with Crippen LogP contribution in [-0.2, 0) is 10.0 Å². The van der Waals surface area contributed by atoms with Gasteiger partial charge in [-0.25, -0.2) is 8.42 Å². The molecule has 0 radical (unpaired) electrons. The van der Waals surface area contributed by atoms with Crippen molar-refractivity contribution in [2.75, 3.05) is 18.4 Å². The molecule has 6 heteroatoms. The van der Waals surface area contributed by atoms with E-state index in [4.69, 9.17) is 0 Å². The van der Waals surface area contributed by atoms with Gasteiger partial charge in [-0.15, -0.1) is 0 Å². The van der Waals surface area contributed by atoms with E-state index in [1.165, 1.54) is 10.4 Å². The van der Waals surface area contributed by atoms with Gasteiger partial charge >= 0.3 is 0 Å². The molecule has 1 amide bonds. The molecule has 3 aromatic carbocycles. The maximum Gasteiger partial charge on any atom is 0.255 e. The van der Waals surface area contributed by atoms with Crippen molar-refractivity contribution >= 4 is 32.4 Å². The number of carbonyl (C=O) groups excluding carboxylic acids is 1. The summed E-state index contributed by atoms with van der Waals surface area (Å²) in [6, 6.07) is 19.8. The molecule has 4 rings (SSSR count). The molecule has 138 valence electrons. The van der Waals surface area contributed by atoms with Crippen LogP contribution in [0.3, 0.4) is 0 Å². The Labute approximate surface area is 158 Å². The highest BCUT2D eigenvalue weighted by atomic mass is 32.2. The Morgan fingerprint density at radius 1 is 0.852 bits per heavy atom. The zero-order chi connectivity index (χ0) is 18.9. The van der Waals surface area contributed by atoms with Crippen LogP contribution < -0.4 is 5.32 Å². The summed E-state index contributed by atoms with van der Waals surface area (Å²) in [6.45, 7) is 1.10. The van der Waals surface area contributed by atoms with E-state index < -0.39 is 10.0 Å². The molecule has 0 aromatic heterocycles. The lowest BCUT2D eigenvalue weighted by Crippen LogP contribution is -2.27. The van der Waals surface area contributed by atoms with E-state index >= 15 is 0 Å². The van der Waals surface area contributed by atoms with Crippen molar-refractivity contribution in [1.29, 1.82) is 0 Å². The molecular formula is C21H20N2O3S. The van der Waals surface area contributed by atoms with Gasteiger partial charge in [0, 0.05) is 24.3 Å². The van der Waals surface area contributed by atoms with Crippen LogP contribution in [0.15, 0.2) is 71.6 Å². The van der Waals surface area contributed by atoms with E-state index in [1.54, 1.807) is 24.3 Å². The number of hydrogen-bond acceptors (Lipinski definition) is 3. The molecule has 1 aliphatic heterocycles. The lowest BCUT2D eigenvalue weighted by molar-refractivity contribution is 0.102. The number of sulfonamides is 1. The predicted molar refractivity (Wildman–Crippen MR) is 106 cm³/mol. The molecule has 1 fully saturated rings. The third-order valence-electron chi connectivity index (χ3n) is 4.81. The van der Waals surface area contributed by atoms with Crippen molar-refractivity contribution in [1.82, 2.24) is 4.31 Å². The Morgan fingerprint density at radius 3 is 2.37 bits per heavy atom. The van der Waals surface area contributed by atoms with Crippen LogP contribution in [0.2, 0.25) is 0 Å². The standard InChI is InChI=1S/C21H20N2O3S/c24-21(18-11-10-16-6-1-2-7-17(16)14-18)22-19-8-5-9-20(15-19)27(25,26)23-12-3-4-13-23/h1-2,5-11,14-15H,3-4,12-13H2,(H,22,24). The Kier molecular flexibility index (Phi) is 4.68. The SMILES string of the molecule is O=C(Nc1cccc(S(=O)(=O)N2CCCC2)c1)c1ccc2ccccc2c1. The number of fused-ring (bicyclic) bond motifs is 1. The average molecular weight is 380 g/mol. The van der Waals surface area contributed by atoms with Crippen LogP contribution in [0, 0.1) is 0 Å². The molecule has 0 aliphatic carbocycles. The Morgan fingerprint density at radius 2 is 1.59 bits per heavy atom. The molecule has 1 heterocycles. The lowest BCUT2D eigenvalue weighted by Gasteiger charge is -2.16. The highest BCUT2D eigenvalue weighted by molar-refractivity contribution is 7.89. The number of benzene rings is 3. The topological polar surface area (TPSA) is 66.5 Å². The molecule has 27 heavy (non-hydrogen) atoms. The zero-order valence-electron chi connectivity index (χ0n) is 14.8. The lowest BCUT2D eigenvalue weighted by atomic mass is 10.1. The highest BCUT2D eigenvalue weighted by Crippen LogP contribution is 2.24. The van der Waals surface area contributed by atoms with Crippen molar-refractivity contribution in [3.8, 4) is 0 Å². The van der Waals surface area contributed by atoms with Crippen molar-refractivity contribution in [3.63, 3.8) is 0 Å². The highest BCUT2D eigenvalue weighted by Gasteiger charge is 2.27. The minimum absolute atomic E-state index is 0.209. The summed E-state index contributed by atoms with van der Waals surface area (Å²) in [5.74, 6) is -0.267. The summed E-state index contributed by atoms with van der Waals surface area (Å²) in [6.07, 6.45) is 1.77. The summed E-state index contributed by atoms with van der Waals surface area (Å²) in [4.78, 5) is 12.8. The van der Waals surface area contributed by atoms with E-state index in [0.29, 0.717) is 24.3 Å². The summed E-state index contributed by atoms with van der Waals surface area (Å²) in [5, 5.41) is 4.85. The molecule has 1 aliphatic rings. The Hall–Kier alpha value is -2.70. The summed E-state index contributed by atoms with van der Waals surface area (Å²) in [5.41, 5.74) is 0.995. The van der Waals surface area contributed by atoms with E-state index in [1.807, 2.05) is 36.4 Å². The molecular weight excluding hydrogens is 360 g/mol. The number of carbonyl (C=O) groups is 1. The monoisotopic (exact) mass is 380 g/mol. The van der Waals surface area contributed by atoms with E-state index in [2.05, 4.69) is 5.32 Å². The smallest absolute Gasteiger partial charge is 0.255 e. The molecule has 0 spiro atoms. The van der Waals surface area contributed by atoms with Gasteiger partial charge in [-0.3, -0.25) is 4.79 Å². The number of hydrogen-bond donors (Lipinski definition) is 1. The van der Waals surface area contributed by atoms with Crippen LogP contribution in [0.5, 0.6) is 0 Å². The third-order valence-corrected chi connectivity index (χ3v) is 6.70. The van der Waals surface area contributed by atoms with Crippen molar-refractivity contribution < 1.29 is 13.2 Å². The predicted octanol–water partition coefficient (Wildman–Crippen LogP) is 3.88. The maximum atomic E-state index is 12.7. The molecule has 5 nitrogen and oxygen atoms in total. The van der Waals surface area contributed by atoms with Crippen molar-refractivity contribution in [3.05, 3.63) is 72.3 Å². The minimum atomic E-state index is -3.51.